The Labute approximate surface area is 220 Å². The topological polar surface area (TPSA) is 138 Å². The fraction of sp³-hybridized carbons (Fsp3) is 0.846. The molecule has 2 aliphatic rings. The van der Waals surface area contributed by atoms with Crippen LogP contribution < -0.4 is 16.4 Å². The number of likely N-dealkylation sites (tertiary alicyclic amines) is 1. The summed E-state index contributed by atoms with van der Waals surface area (Å²) in [5.41, 5.74) is 5.64. The van der Waals surface area contributed by atoms with Gasteiger partial charge in [-0.15, -0.1) is 0 Å². The van der Waals surface area contributed by atoms with Crippen LogP contribution in [0.2, 0.25) is 0 Å². The van der Waals surface area contributed by atoms with Gasteiger partial charge in [0, 0.05) is 23.8 Å². The highest BCUT2D eigenvalue weighted by Crippen LogP contribution is 2.32. The van der Waals surface area contributed by atoms with E-state index in [1.165, 1.54) is 0 Å². The number of thioether (sulfide) groups is 1. The van der Waals surface area contributed by atoms with Crippen LogP contribution in [-0.4, -0.2) is 70.9 Å². The predicted molar refractivity (Wildman–Crippen MR) is 145 cm³/mol. The van der Waals surface area contributed by atoms with Crippen LogP contribution in [0.15, 0.2) is 0 Å². The van der Waals surface area contributed by atoms with Crippen LogP contribution in [0.4, 0.5) is 4.79 Å². The van der Waals surface area contributed by atoms with E-state index in [9.17, 15) is 14.4 Å². The molecule has 0 aromatic carbocycles. The Kier molecular flexibility index (Phi) is 12.3. The maximum absolute atomic E-state index is 13.8. The van der Waals surface area contributed by atoms with Crippen LogP contribution >= 0.6 is 11.8 Å². The molecule has 2 fully saturated rings. The molecule has 2 atom stereocenters. The lowest BCUT2D eigenvalue weighted by Crippen LogP contribution is -2.60. The van der Waals surface area contributed by atoms with Crippen molar-refractivity contribution < 1.29 is 19.1 Å². The summed E-state index contributed by atoms with van der Waals surface area (Å²) in [5.74, 6) is 1.29. The summed E-state index contributed by atoms with van der Waals surface area (Å²) in [5, 5.41) is 13.5. The SMILES string of the molecule is CCCCOC(=O)N[C@@H](C(=O)N1CCC[C@H]1C(=O)NC[C@H]1CC[C@H](C(=N)N)CC1)C(C)(C)SCCC. The summed E-state index contributed by atoms with van der Waals surface area (Å²) in [6, 6.07) is -1.32. The Bertz CT molecular complexity index is 755. The largest absolute Gasteiger partial charge is 0.450 e. The Morgan fingerprint density at radius 1 is 1.14 bits per heavy atom. The van der Waals surface area contributed by atoms with Gasteiger partial charge in [-0.25, -0.2) is 4.79 Å². The van der Waals surface area contributed by atoms with Crippen LogP contribution in [0.3, 0.4) is 0 Å². The second kappa shape index (κ2) is 14.7. The van der Waals surface area contributed by atoms with Crippen LogP contribution in [0.5, 0.6) is 0 Å². The number of hydrogen-bond donors (Lipinski definition) is 4. The third-order valence-corrected chi connectivity index (χ3v) is 8.90. The van der Waals surface area contributed by atoms with Gasteiger partial charge in [-0.2, -0.15) is 11.8 Å². The van der Waals surface area contributed by atoms with Crippen molar-refractivity contribution in [1.29, 1.82) is 5.41 Å². The summed E-state index contributed by atoms with van der Waals surface area (Å²) in [7, 11) is 0. The number of nitrogens with zero attached hydrogens (tertiary/aromatic N) is 1. The lowest BCUT2D eigenvalue weighted by atomic mass is 9.81. The summed E-state index contributed by atoms with van der Waals surface area (Å²) in [6.45, 7) is 9.42. The van der Waals surface area contributed by atoms with Gasteiger partial charge in [0.15, 0.2) is 0 Å². The average Bonchev–Trinajstić information content (AvgIpc) is 3.35. The number of nitrogens with one attached hydrogen (secondary N) is 3. The van der Waals surface area contributed by atoms with Gasteiger partial charge in [0.1, 0.15) is 12.1 Å². The molecule has 0 bridgehead atoms. The van der Waals surface area contributed by atoms with Crippen LogP contribution in [0.25, 0.3) is 0 Å². The van der Waals surface area contributed by atoms with E-state index in [-0.39, 0.29) is 23.6 Å². The maximum Gasteiger partial charge on any atom is 0.407 e. The lowest BCUT2D eigenvalue weighted by molar-refractivity contribution is -0.140. The fourth-order valence-electron chi connectivity index (χ4n) is 4.96. The zero-order chi connectivity index (χ0) is 26.7. The smallest absolute Gasteiger partial charge is 0.407 e. The molecule has 206 valence electrons. The van der Waals surface area contributed by atoms with E-state index in [0.717, 1.165) is 57.1 Å². The first kappa shape index (κ1) is 30.3. The molecule has 0 aromatic rings. The molecule has 0 unspecified atom stereocenters. The van der Waals surface area contributed by atoms with Crippen molar-refractivity contribution >= 4 is 35.5 Å². The quantitative estimate of drug-likeness (QED) is 0.165. The molecule has 5 N–H and O–H groups in total. The Balaban J connectivity index is 2.02. The number of ether oxygens (including phenoxy) is 1. The standard InChI is InChI=1S/C26H47N5O4S/c1-5-7-15-35-25(34)30-21(26(3,4)36-16-6-2)24(33)31-14-8-9-20(31)23(32)29-17-18-10-12-19(13-11-18)22(27)28/h18-21H,5-17H2,1-4H3,(H3,27,28)(H,29,32)(H,30,34)/t18-,19-,20-,21-/m0/s1. The van der Waals surface area contributed by atoms with E-state index < -0.39 is 22.9 Å². The van der Waals surface area contributed by atoms with Gasteiger partial charge in [-0.1, -0.05) is 20.3 Å². The highest BCUT2D eigenvalue weighted by atomic mass is 32.2. The molecule has 1 aliphatic heterocycles. The van der Waals surface area contributed by atoms with Crippen LogP contribution in [0.1, 0.15) is 85.5 Å². The van der Waals surface area contributed by atoms with Crippen LogP contribution in [-0.2, 0) is 14.3 Å². The minimum absolute atomic E-state index is 0.127. The number of rotatable bonds is 13. The van der Waals surface area contributed by atoms with Gasteiger partial charge in [0.25, 0.3) is 0 Å². The molecular weight excluding hydrogens is 478 g/mol. The zero-order valence-electron chi connectivity index (χ0n) is 22.6. The van der Waals surface area contributed by atoms with Crippen molar-refractivity contribution in [2.24, 2.45) is 17.6 Å². The van der Waals surface area contributed by atoms with Crippen molar-refractivity contribution in [3.05, 3.63) is 0 Å². The minimum Gasteiger partial charge on any atom is -0.450 e. The summed E-state index contributed by atoms with van der Waals surface area (Å²) >= 11 is 1.64. The molecule has 2 rings (SSSR count). The third-order valence-electron chi connectivity index (χ3n) is 7.30. The molecule has 0 spiro atoms. The van der Waals surface area contributed by atoms with E-state index in [4.69, 9.17) is 15.9 Å². The van der Waals surface area contributed by atoms with E-state index in [1.807, 2.05) is 20.8 Å². The second-order valence-corrected chi connectivity index (χ2v) is 12.4. The van der Waals surface area contributed by atoms with Gasteiger partial charge in [-0.05, 0) is 76.9 Å². The number of carbonyl (C=O) groups is 3. The highest BCUT2D eigenvalue weighted by Gasteiger charge is 2.44. The Morgan fingerprint density at radius 2 is 1.83 bits per heavy atom. The van der Waals surface area contributed by atoms with E-state index >= 15 is 0 Å². The first-order chi connectivity index (χ1) is 17.1. The molecule has 36 heavy (non-hydrogen) atoms. The molecule has 0 radical (unpaired) electrons. The van der Waals surface area contributed by atoms with Gasteiger partial charge in [0.05, 0.1) is 12.4 Å². The predicted octanol–water partition coefficient (Wildman–Crippen LogP) is 3.65. The summed E-state index contributed by atoms with van der Waals surface area (Å²) < 4.78 is 4.74. The molecular formula is C26H47N5O4S. The lowest BCUT2D eigenvalue weighted by Gasteiger charge is -2.37. The van der Waals surface area contributed by atoms with E-state index in [0.29, 0.717) is 32.0 Å². The molecule has 0 aromatic heterocycles. The highest BCUT2D eigenvalue weighted by molar-refractivity contribution is 8.00. The average molecular weight is 526 g/mol. The monoisotopic (exact) mass is 525 g/mol. The molecule has 10 heteroatoms. The van der Waals surface area contributed by atoms with Crippen LogP contribution in [0, 0.1) is 17.2 Å². The maximum atomic E-state index is 13.8. The number of alkyl carbamates (subject to hydrolysis) is 1. The Hall–Kier alpha value is -1.97. The van der Waals surface area contributed by atoms with Crippen molar-refractivity contribution in [2.45, 2.75) is 102 Å². The number of unbranched alkanes of at least 4 members (excludes halogenated alkanes) is 1. The molecule has 3 amide bonds. The zero-order valence-corrected chi connectivity index (χ0v) is 23.4. The molecule has 9 nitrogen and oxygen atoms in total. The molecule has 1 heterocycles. The summed E-state index contributed by atoms with van der Waals surface area (Å²) in [4.78, 5) is 41.1. The first-order valence-corrected chi connectivity index (χ1v) is 14.6. The number of amides is 3. The van der Waals surface area contributed by atoms with Crippen molar-refractivity contribution in [2.75, 3.05) is 25.4 Å². The van der Waals surface area contributed by atoms with Crippen molar-refractivity contribution in [3.8, 4) is 0 Å². The van der Waals surface area contributed by atoms with Gasteiger partial charge in [0.2, 0.25) is 11.8 Å². The summed E-state index contributed by atoms with van der Waals surface area (Å²) in [6.07, 6.45) is 7.06. The van der Waals surface area contributed by atoms with E-state index in [1.54, 1.807) is 16.7 Å². The van der Waals surface area contributed by atoms with E-state index in [2.05, 4.69) is 17.6 Å². The minimum atomic E-state index is -0.793. The molecule has 1 aliphatic carbocycles. The second-order valence-electron chi connectivity index (χ2n) is 10.6. The first-order valence-electron chi connectivity index (χ1n) is 13.6. The number of hydrogen-bond acceptors (Lipinski definition) is 6. The fourth-order valence-corrected chi connectivity index (χ4v) is 6.02. The molecule has 1 saturated carbocycles. The van der Waals surface area contributed by atoms with Crippen molar-refractivity contribution in [1.82, 2.24) is 15.5 Å². The normalized spacial score (nSPS) is 23.1. The number of amidine groups is 1. The van der Waals surface area contributed by atoms with Crippen molar-refractivity contribution in [3.63, 3.8) is 0 Å². The number of carbonyl (C=O) groups excluding carboxylic acids is 3. The number of nitrogens with two attached hydrogens (primary N) is 1. The molecule has 1 saturated heterocycles. The van der Waals surface area contributed by atoms with Gasteiger partial charge in [-0.3, -0.25) is 15.0 Å². The Morgan fingerprint density at radius 3 is 2.44 bits per heavy atom. The van der Waals surface area contributed by atoms with Gasteiger partial charge < -0.3 is 26.0 Å². The third kappa shape index (κ3) is 8.85. The van der Waals surface area contributed by atoms with Gasteiger partial charge >= 0.3 is 6.09 Å².